The number of methoxy groups -OCH3 is 1. The van der Waals surface area contributed by atoms with Gasteiger partial charge < -0.3 is 19.7 Å². The number of carbonyl (C=O) groups is 3. The molecule has 1 aliphatic carbocycles. The van der Waals surface area contributed by atoms with E-state index in [0.717, 1.165) is 7.11 Å². The van der Waals surface area contributed by atoms with E-state index in [-0.39, 0.29) is 34.4 Å². The molecule has 2 aromatic carbocycles. The van der Waals surface area contributed by atoms with Gasteiger partial charge in [0, 0.05) is 22.9 Å². The first kappa shape index (κ1) is 16.4. The molecule has 2 atom stereocenters. The highest BCUT2D eigenvalue weighted by molar-refractivity contribution is 6.30. The van der Waals surface area contributed by atoms with E-state index in [2.05, 4.69) is 4.74 Å². The van der Waals surface area contributed by atoms with E-state index in [1.54, 1.807) is 24.3 Å². The van der Waals surface area contributed by atoms with Crippen molar-refractivity contribution in [1.29, 1.82) is 0 Å². The monoisotopic (exact) mass is 354 g/mol. The quantitative estimate of drug-likeness (QED) is 0.747. The van der Waals surface area contributed by atoms with E-state index >= 15 is 0 Å². The standard InChI is InChI=1S/C19H14O7/c1-25-18(23)12-7-11-14(19(24)26-12)17(22)13-10(15(11)20)6-8-4-2-3-5-9(8)16(13)21/h2-6,12,19,21,24H,7H2,1H3/t12-,19-/m1/s1. The van der Waals surface area contributed by atoms with Crippen molar-refractivity contribution in [2.24, 2.45) is 0 Å². The largest absolute Gasteiger partial charge is 0.507 e. The molecular formula is C19H14O7. The Morgan fingerprint density at radius 1 is 1.23 bits per heavy atom. The Labute approximate surface area is 147 Å². The van der Waals surface area contributed by atoms with Gasteiger partial charge in [-0.25, -0.2) is 4.79 Å². The summed E-state index contributed by atoms with van der Waals surface area (Å²) in [6.45, 7) is 0. The van der Waals surface area contributed by atoms with Crippen LogP contribution in [0.15, 0.2) is 41.5 Å². The average Bonchev–Trinajstić information content (AvgIpc) is 2.64. The number of esters is 1. The summed E-state index contributed by atoms with van der Waals surface area (Å²) in [5, 5.41) is 21.8. The lowest BCUT2D eigenvalue weighted by molar-refractivity contribution is -0.173. The van der Waals surface area contributed by atoms with E-state index in [9.17, 15) is 24.6 Å². The number of rotatable bonds is 1. The minimum Gasteiger partial charge on any atom is -0.507 e. The van der Waals surface area contributed by atoms with Gasteiger partial charge in [-0.05, 0) is 11.5 Å². The Morgan fingerprint density at radius 3 is 2.69 bits per heavy atom. The van der Waals surface area contributed by atoms with Gasteiger partial charge in [-0.3, -0.25) is 9.59 Å². The first-order chi connectivity index (χ1) is 12.4. The molecule has 4 rings (SSSR count). The molecule has 0 bridgehead atoms. The van der Waals surface area contributed by atoms with Crippen molar-refractivity contribution >= 4 is 28.3 Å². The minimum atomic E-state index is -1.75. The highest BCUT2D eigenvalue weighted by atomic mass is 16.6. The normalized spacial score (nSPS) is 22.2. The number of aliphatic hydroxyl groups is 1. The summed E-state index contributed by atoms with van der Waals surface area (Å²) < 4.78 is 9.73. The molecule has 7 heteroatoms. The Bertz CT molecular complexity index is 1020. The van der Waals surface area contributed by atoms with Crippen LogP contribution in [0.25, 0.3) is 10.8 Å². The van der Waals surface area contributed by atoms with Gasteiger partial charge in [0.2, 0.25) is 0 Å². The Morgan fingerprint density at radius 2 is 1.96 bits per heavy atom. The molecule has 7 nitrogen and oxygen atoms in total. The van der Waals surface area contributed by atoms with Crippen LogP contribution in [0.3, 0.4) is 0 Å². The maximum atomic E-state index is 13.0. The van der Waals surface area contributed by atoms with Crippen LogP contribution in [0.5, 0.6) is 5.75 Å². The van der Waals surface area contributed by atoms with Gasteiger partial charge in [0.25, 0.3) is 0 Å². The topological polar surface area (TPSA) is 110 Å². The third-order valence-corrected chi connectivity index (χ3v) is 4.73. The van der Waals surface area contributed by atoms with Crippen molar-refractivity contribution in [3.63, 3.8) is 0 Å². The fraction of sp³-hybridized carbons (Fsp3) is 0.211. The Kier molecular flexibility index (Phi) is 3.64. The molecule has 2 aliphatic rings. The highest BCUT2D eigenvalue weighted by Crippen LogP contribution is 2.41. The fourth-order valence-electron chi connectivity index (χ4n) is 3.49. The molecule has 0 unspecified atom stereocenters. The molecule has 1 heterocycles. The molecule has 0 saturated carbocycles. The first-order valence-electron chi connectivity index (χ1n) is 7.92. The molecule has 1 aliphatic heterocycles. The lowest BCUT2D eigenvalue weighted by Gasteiger charge is -2.32. The molecule has 132 valence electrons. The molecule has 26 heavy (non-hydrogen) atoms. The molecule has 0 spiro atoms. The van der Waals surface area contributed by atoms with Crippen molar-refractivity contribution in [2.75, 3.05) is 7.11 Å². The molecule has 0 fully saturated rings. The number of aliphatic hydroxyl groups excluding tert-OH is 1. The van der Waals surface area contributed by atoms with E-state index < -0.39 is 29.9 Å². The van der Waals surface area contributed by atoms with Crippen LogP contribution in [-0.2, 0) is 14.3 Å². The number of fused-ring (bicyclic) bond motifs is 2. The summed E-state index contributed by atoms with van der Waals surface area (Å²) in [6.07, 6.45) is -3.11. The Hall–Kier alpha value is -3.03. The first-order valence-corrected chi connectivity index (χ1v) is 7.92. The number of ketones is 2. The van der Waals surface area contributed by atoms with Crippen LogP contribution < -0.4 is 0 Å². The number of aromatic hydroxyl groups is 1. The van der Waals surface area contributed by atoms with Crippen LogP contribution in [0, 0.1) is 0 Å². The second-order valence-corrected chi connectivity index (χ2v) is 6.12. The zero-order valence-corrected chi connectivity index (χ0v) is 13.7. The van der Waals surface area contributed by atoms with E-state index in [1.807, 2.05) is 0 Å². The molecule has 2 aromatic rings. The number of phenolic OH excluding ortho intramolecular Hbond substituents is 1. The van der Waals surface area contributed by atoms with Crippen LogP contribution in [0.4, 0.5) is 0 Å². The van der Waals surface area contributed by atoms with E-state index in [4.69, 9.17) is 4.74 Å². The number of carbonyl (C=O) groups excluding carboxylic acids is 3. The van der Waals surface area contributed by atoms with Crippen LogP contribution in [0.2, 0.25) is 0 Å². The van der Waals surface area contributed by atoms with Gasteiger partial charge in [-0.1, -0.05) is 24.3 Å². The number of phenols is 1. The number of benzene rings is 2. The van der Waals surface area contributed by atoms with Crippen molar-refractivity contribution in [1.82, 2.24) is 0 Å². The molecule has 0 amide bonds. The predicted octanol–water partition coefficient (Wildman–Crippen LogP) is 1.50. The Balaban J connectivity index is 1.91. The summed E-state index contributed by atoms with van der Waals surface area (Å²) in [6, 6.07) is 8.33. The average molecular weight is 354 g/mol. The predicted molar refractivity (Wildman–Crippen MR) is 88.8 cm³/mol. The summed E-state index contributed by atoms with van der Waals surface area (Å²) >= 11 is 0. The highest BCUT2D eigenvalue weighted by Gasteiger charge is 2.44. The lowest BCUT2D eigenvalue weighted by Crippen LogP contribution is -2.42. The van der Waals surface area contributed by atoms with Gasteiger partial charge in [-0.2, -0.15) is 0 Å². The van der Waals surface area contributed by atoms with Crippen LogP contribution in [0.1, 0.15) is 27.1 Å². The van der Waals surface area contributed by atoms with Gasteiger partial charge in [0.05, 0.1) is 18.2 Å². The zero-order valence-electron chi connectivity index (χ0n) is 13.7. The van der Waals surface area contributed by atoms with Gasteiger partial charge in [0.1, 0.15) is 5.75 Å². The summed E-state index contributed by atoms with van der Waals surface area (Å²) in [5.74, 6) is -2.27. The number of ether oxygens (including phenoxy) is 2. The van der Waals surface area contributed by atoms with Gasteiger partial charge in [-0.15, -0.1) is 0 Å². The van der Waals surface area contributed by atoms with Crippen LogP contribution in [-0.4, -0.2) is 47.3 Å². The molecule has 0 aromatic heterocycles. The molecule has 2 N–H and O–H groups in total. The third kappa shape index (κ3) is 2.18. The summed E-state index contributed by atoms with van der Waals surface area (Å²) in [7, 11) is 1.16. The fourth-order valence-corrected chi connectivity index (χ4v) is 3.49. The maximum Gasteiger partial charge on any atom is 0.335 e. The van der Waals surface area contributed by atoms with Crippen LogP contribution >= 0.6 is 0 Å². The number of hydrogen-bond acceptors (Lipinski definition) is 7. The second kappa shape index (κ2) is 5.76. The minimum absolute atomic E-state index is 0.00586. The number of Topliss-reactive ketones (excluding diaryl/α,β-unsaturated/α-hetero) is 2. The number of hydrogen-bond donors (Lipinski definition) is 2. The van der Waals surface area contributed by atoms with Crippen molar-refractivity contribution in [2.45, 2.75) is 18.8 Å². The molecule has 0 saturated heterocycles. The van der Waals surface area contributed by atoms with Crippen molar-refractivity contribution < 1.29 is 34.1 Å². The summed E-state index contributed by atoms with van der Waals surface area (Å²) in [4.78, 5) is 37.6. The SMILES string of the molecule is COC(=O)[C@H]1CC2=C(C(=O)c3c(cc4ccccc4c3O)C2=O)[C@H](O)O1. The van der Waals surface area contributed by atoms with Gasteiger partial charge in [0.15, 0.2) is 24.0 Å². The van der Waals surface area contributed by atoms with Crippen molar-refractivity contribution in [3.8, 4) is 5.75 Å². The lowest BCUT2D eigenvalue weighted by atomic mass is 9.79. The molecule has 0 radical (unpaired) electrons. The van der Waals surface area contributed by atoms with Gasteiger partial charge >= 0.3 is 5.97 Å². The molecular weight excluding hydrogens is 340 g/mol. The van der Waals surface area contributed by atoms with E-state index in [0.29, 0.717) is 10.8 Å². The zero-order chi connectivity index (χ0) is 18.6. The van der Waals surface area contributed by atoms with E-state index in [1.165, 1.54) is 6.07 Å². The van der Waals surface area contributed by atoms with Crippen molar-refractivity contribution in [3.05, 3.63) is 52.6 Å². The second-order valence-electron chi connectivity index (χ2n) is 6.12. The smallest absolute Gasteiger partial charge is 0.335 e. The maximum absolute atomic E-state index is 13.0. The third-order valence-electron chi connectivity index (χ3n) is 4.73. The summed E-state index contributed by atoms with van der Waals surface area (Å²) in [5.41, 5.74) is -0.353.